The molecule has 1 amide bonds. The zero-order valence-corrected chi connectivity index (χ0v) is 12.9. The van der Waals surface area contributed by atoms with E-state index in [4.69, 9.17) is 5.11 Å². The minimum atomic E-state index is -0.0880. The highest BCUT2D eigenvalue weighted by Crippen LogP contribution is 2.18. The van der Waals surface area contributed by atoms with Crippen LogP contribution in [0, 0.1) is 5.41 Å². The maximum Gasteiger partial charge on any atom is 0.251 e. The number of carbonyl (C=O) groups excluding carboxylic acids is 1. The summed E-state index contributed by atoms with van der Waals surface area (Å²) < 4.78 is 0. The molecule has 0 saturated heterocycles. The molecule has 0 saturated carbocycles. The van der Waals surface area contributed by atoms with Gasteiger partial charge < -0.3 is 15.3 Å². The van der Waals surface area contributed by atoms with Gasteiger partial charge in [0.2, 0.25) is 0 Å². The third-order valence-electron chi connectivity index (χ3n) is 3.23. The Balaban J connectivity index is 2.55. The van der Waals surface area contributed by atoms with Crippen LogP contribution in [0.4, 0.5) is 0 Å². The van der Waals surface area contributed by atoms with Gasteiger partial charge in [-0.25, -0.2) is 0 Å². The molecule has 4 nitrogen and oxygen atoms in total. The van der Waals surface area contributed by atoms with Crippen LogP contribution in [0.3, 0.4) is 0 Å². The van der Waals surface area contributed by atoms with Crippen molar-refractivity contribution in [3.05, 3.63) is 35.4 Å². The quantitative estimate of drug-likeness (QED) is 0.801. The second-order valence-electron chi connectivity index (χ2n) is 6.26. The molecule has 0 unspecified atom stereocenters. The number of hydrogen-bond acceptors (Lipinski definition) is 3. The Bertz CT molecular complexity index is 425. The van der Waals surface area contributed by atoms with Crippen LogP contribution in [0.15, 0.2) is 24.3 Å². The second kappa shape index (κ2) is 7.41. The number of nitrogens with zero attached hydrogens (tertiary/aromatic N) is 1. The minimum Gasteiger partial charge on any atom is -0.396 e. The summed E-state index contributed by atoms with van der Waals surface area (Å²) >= 11 is 0. The van der Waals surface area contributed by atoms with Gasteiger partial charge in [0.05, 0.1) is 0 Å². The van der Waals surface area contributed by atoms with E-state index in [0.29, 0.717) is 18.5 Å². The molecule has 0 aliphatic carbocycles. The molecule has 4 heteroatoms. The topological polar surface area (TPSA) is 52.6 Å². The first-order valence-corrected chi connectivity index (χ1v) is 6.97. The number of benzene rings is 1. The molecule has 0 heterocycles. The van der Waals surface area contributed by atoms with Gasteiger partial charge in [-0.1, -0.05) is 26.0 Å². The molecule has 20 heavy (non-hydrogen) atoms. The number of hydrogen-bond donors (Lipinski definition) is 2. The molecule has 0 spiro atoms. The van der Waals surface area contributed by atoms with Gasteiger partial charge in [-0.2, -0.15) is 0 Å². The lowest BCUT2D eigenvalue weighted by molar-refractivity contribution is 0.0928. The maximum atomic E-state index is 12.0. The second-order valence-corrected chi connectivity index (χ2v) is 6.26. The van der Waals surface area contributed by atoms with Gasteiger partial charge in [0.25, 0.3) is 5.91 Å². The SMILES string of the molecule is CN(C)Cc1ccc(C(=O)NCC(C)(C)CCO)cc1. The summed E-state index contributed by atoms with van der Waals surface area (Å²) in [5.41, 5.74) is 1.77. The van der Waals surface area contributed by atoms with E-state index in [-0.39, 0.29) is 17.9 Å². The largest absolute Gasteiger partial charge is 0.396 e. The third-order valence-corrected chi connectivity index (χ3v) is 3.23. The summed E-state index contributed by atoms with van der Waals surface area (Å²) in [4.78, 5) is 14.1. The van der Waals surface area contributed by atoms with Crippen molar-refractivity contribution in [1.82, 2.24) is 10.2 Å². The highest BCUT2D eigenvalue weighted by atomic mass is 16.3. The van der Waals surface area contributed by atoms with E-state index in [2.05, 4.69) is 10.2 Å². The Morgan fingerprint density at radius 1 is 1.25 bits per heavy atom. The van der Waals surface area contributed by atoms with Gasteiger partial charge in [-0.15, -0.1) is 0 Å². The fourth-order valence-corrected chi connectivity index (χ4v) is 1.94. The average molecular weight is 278 g/mol. The van der Waals surface area contributed by atoms with E-state index in [0.717, 1.165) is 6.54 Å². The van der Waals surface area contributed by atoms with E-state index in [1.54, 1.807) is 0 Å². The van der Waals surface area contributed by atoms with E-state index in [9.17, 15) is 4.79 Å². The molecular formula is C16H26N2O2. The van der Waals surface area contributed by atoms with Crippen molar-refractivity contribution in [2.24, 2.45) is 5.41 Å². The molecule has 1 rings (SSSR count). The Morgan fingerprint density at radius 3 is 2.35 bits per heavy atom. The van der Waals surface area contributed by atoms with Crippen LogP contribution < -0.4 is 5.32 Å². The first-order valence-electron chi connectivity index (χ1n) is 6.97. The molecule has 112 valence electrons. The maximum absolute atomic E-state index is 12.0. The minimum absolute atomic E-state index is 0.0626. The molecule has 0 atom stereocenters. The summed E-state index contributed by atoms with van der Waals surface area (Å²) in [6.45, 7) is 5.63. The van der Waals surface area contributed by atoms with Crippen molar-refractivity contribution >= 4 is 5.91 Å². The normalized spacial score (nSPS) is 11.7. The Hall–Kier alpha value is -1.39. The van der Waals surface area contributed by atoms with Crippen LogP contribution in [0.1, 0.15) is 36.2 Å². The predicted octanol–water partition coefficient (Wildman–Crippen LogP) is 1.89. The zero-order chi connectivity index (χ0) is 15.2. The van der Waals surface area contributed by atoms with E-state index < -0.39 is 0 Å². The van der Waals surface area contributed by atoms with Crippen molar-refractivity contribution in [1.29, 1.82) is 0 Å². The van der Waals surface area contributed by atoms with Crippen molar-refractivity contribution in [2.45, 2.75) is 26.8 Å². The number of rotatable bonds is 7. The monoisotopic (exact) mass is 278 g/mol. The van der Waals surface area contributed by atoms with Crippen LogP contribution in [0.25, 0.3) is 0 Å². The highest BCUT2D eigenvalue weighted by Gasteiger charge is 2.18. The fourth-order valence-electron chi connectivity index (χ4n) is 1.94. The van der Waals surface area contributed by atoms with E-state index in [1.807, 2.05) is 52.2 Å². The lowest BCUT2D eigenvalue weighted by atomic mass is 9.89. The summed E-state index contributed by atoms with van der Waals surface area (Å²) in [6, 6.07) is 7.67. The molecule has 0 aliphatic heterocycles. The Morgan fingerprint density at radius 2 is 1.85 bits per heavy atom. The number of aliphatic hydroxyl groups is 1. The van der Waals surface area contributed by atoms with Crippen LogP contribution >= 0.6 is 0 Å². The summed E-state index contributed by atoms with van der Waals surface area (Å²) in [7, 11) is 4.04. The lowest BCUT2D eigenvalue weighted by Crippen LogP contribution is -2.34. The standard InChI is InChI=1S/C16H26N2O2/c1-16(2,9-10-19)12-17-15(20)14-7-5-13(6-8-14)11-18(3)4/h5-8,19H,9-12H2,1-4H3,(H,17,20). The van der Waals surface area contributed by atoms with Gasteiger partial charge in [-0.3, -0.25) is 4.79 Å². The molecule has 0 aromatic heterocycles. The van der Waals surface area contributed by atoms with Crippen molar-refractivity contribution in [3.63, 3.8) is 0 Å². The molecule has 0 aliphatic rings. The summed E-state index contributed by atoms with van der Waals surface area (Å²) in [5.74, 6) is -0.0626. The van der Waals surface area contributed by atoms with Crippen LogP contribution in [0.5, 0.6) is 0 Å². The van der Waals surface area contributed by atoms with Crippen LogP contribution in [0.2, 0.25) is 0 Å². The van der Waals surface area contributed by atoms with Gasteiger partial charge in [0.15, 0.2) is 0 Å². The lowest BCUT2D eigenvalue weighted by Gasteiger charge is -2.23. The first-order chi connectivity index (χ1) is 9.34. The van der Waals surface area contributed by atoms with Crippen molar-refractivity contribution < 1.29 is 9.90 Å². The van der Waals surface area contributed by atoms with Crippen LogP contribution in [-0.2, 0) is 6.54 Å². The predicted molar refractivity (Wildman–Crippen MR) is 81.7 cm³/mol. The van der Waals surface area contributed by atoms with Gasteiger partial charge >= 0.3 is 0 Å². The highest BCUT2D eigenvalue weighted by molar-refractivity contribution is 5.94. The van der Waals surface area contributed by atoms with Crippen LogP contribution in [-0.4, -0.2) is 43.2 Å². The Kier molecular flexibility index (Phi) is 6.17. The smallest absolute Gasteiger partial charge is 0.251 e. The third kappa shape index (κ3) is 5.72. The van der Waals surface area contributed by atoms with Gasteiger partial charge in [0, 0.05) is 25.3 Å². The fraction of sp³-hybridized carbons (Fsp3) is 0.562. The summed E-state index contributed by atoms with van der Waals surface area (Å²) in [5, 5.41) is 11.9. The molecule has 0 radical (unpaired) electrons. The van der Waals surface area contributed by atoms with Crippen molar-refractivity contribution in [3.8, 4) is 0 Å². The first kappa shape index (κ1) is 16.7. The molecule has 0 fully saturated rings. The number of amides is 1. The van der Waals surface area contributed by atoms with Gasteiger partial charge in [0.1, 0.15) is 0 Å². The Labute approximate surface area is 121 Å². The molecule has 1 aromatic carbocycles. The molecule has 2 N–H and O–H groups in total. The number of aliphatic hydroxyl groups excluding tert-OH is 1. The van der Waals surface area contributed by atoms with E-state index >= 15 is 0 Å². The number of nitrogens with one attached hydrogen (secondary N) is 1. The van der Waals surface area contributed by atoms with Crippen molar-refractivity contribution in [2.75, 3.05) is 27.2 Å². The summed E-state index contributed by atoms with van der Waals surface area (Å²) in [6.07, 6.45) is 0.676. The molecule has 0 bridgehead atoms. The molecule has 1 aromatic rings. The average Bonchev–Trinajstić information content (AvgIpc) is 2.36. The number of carbonyl (C=O) groups is 1. The zero-order valence-electron chi connectivity index (χ0n) is 12.9. The van der Waals surface area contributed by atoms with E-state index in [1.165, 1.54) is 5.56 Å². The van der Waals surface area contributed by atoms with Gasteiger partial charge in [-0.05, 0) is 43.6 Å². The molecular weight excluding hydrogens is 252 g/mol.